The average molecular weight is 240 g/mol. The second-order valence-corrected chi connectivity index (χ2v) is 5.70. The second-order valence-electron chi connectivity index (χ2n) is 5.70. The first-order valence-corrected chi connectivity index (χ1v) is 6.25. The van der Waals surface area contributed by atoms with Gasteiger partial charge in [-0.15, -0.1) is 0 Å². The van der Waals surface area contributed by atoms with E-state index < -0.39 is 11.5 Å². The average Bonchev–Trinajstić information content (AvgIpc) is 2.11. The van der Waals surface area contributed by atoms with Crippen LogP contribution in [0.1, 0.15) is 51.9 Å². The van der Waals surface area contributed by atoms with E-state index in [1.165, 1.54) is 0 Å². The van der Waals surface area contributed by atoms with Crippen LogP contribution in [0.4, 0.5) is 4.79 Å². The maximum atomic E-state index is 11.8. The maximum Gasteiger partial charge on any atom is 0.315 e. The molecule has 0 heterocycles. The summed E-state index contributed by atoms with van der Waals surface area (Å²) < 4.78 is 0. The van der Waals surface area contributed by atoms with Crippen molar-refractivity contribution in [1.29, 1.82) is 0 Å². The molecule has 0 aromatic heterocycles. The molecule has 96 valence electrons. The molecule has 2 aliphatic rings. The molecule has 2 rings (SSSR count). The Hall–Kier alpha value is -1.26. The van der Waals surface area contributed by atoms with Crippen LogP contribution < -0.4 is 10.6 Å². The van der Waals surface area contributed by atoms with E-state index in [2.05, 4.69) is 10.6 Å². The topological polar surface area (TPSA) is 78.4 Å². The summed E-state index contributed by atoms with van der Waals surface area (Å²) in [4.78, 5) is 22.6. The van der Waals surface area contributed by atoms with Crippen molar-refractivity contribution in [2.24, 2.45) is 0 Å². The molecule has 0 aromatic rings. The number of nitrogens with one attached hydrogen (secondary N) is 2. The van der Waals surface area contributed by atoms with E-state index in [1.54, 1.807) is 0 Å². The van der Waals surface area contributed by atoms with E-state index in [0.29, 0.717) is 0 Å². The Bertz CT molecular complexity index is 333. The van der Waals surface area contributed by atoms with Gasteiger partial charge in [0.05, 0.1) is 12.0 Å². The number of carbonyl (C=O) groups is 2. The highest BCUT2D eigenvalue weighted by Crippen LogP contribution is 2.35. The van der Waals surface area contributed by atoms with Crippen LogP contribution in [0, 0.1) is 0 Å². The molecule has 2 saturated carbocycles. The molecule has 5 nitrogen and oxygen atoms in total. The lowest BCUT2D eigenvalue weighted by molar-refractivity contribution is -0.139. The third-order valence-electron chi connectivity index (χ3n) is 4.05. The zero-order valence-corrected chi connectivity index (χ0v) is 10.2. The fraction of sp³-hybridized carbons (Fsp3) is 0.833. The Morgan fingerprint density at radius 2 is 1.71 bits per heavy atom. The van der Waals surface area contributed by atoms with Crippen molar-refractivity contribution < 1.29 is 14.7 Å². The predicted molar refractivity (Wildman–Crippen MR) is 62.8 cm³/mol. The number of hydrogen-bond acceptors (Lipinski definition) is 2. The first-order chi connectivity index (χ1) is 7.93. The van der Waals surface area contributed by atoms with Crippen LogP contribution in [0.5, 0.6) is 0 Å². The van der Waals surface area contributed by atoms with Crippen molar-refractivity contribution in [3.8, 4) is 0 Å². The number of carboxylic acids is 1. The molecule has 0 spiro atoms. The van der Waals surface area contributed by atoms with E-state index in [4.69, 9.17) is 5.11 Å². The van der Waals surface area contributed by atoms with Gasteiger partial charge in [-0.2, -0.15) is 0 Å². The first-order valence-electron chi connectivity index (χ1n) is 6.25. The molecule has 0 unspecified atom stereocenters. The van der Waals surface area contributed by atoms with E-state index >= 15 is 0 Å². The molecule has 17 heavy (non-hydrogen) atoms. The second kappa shape index (κ2) is 4.20. The highest BCUT2D eigenvalue weighted by molar-refractivity contribution is 5.77. The molecule has 2 aliphatic carbocycles. The third kappa shape index (κ3) is 2.70. The zero-order valence-electron chi connectivity index (χ0n) is 10.2. The lowest BCUT2D eigenvalue weighted by Crippen LogP contribution is -2.61. The normalized spacial score (nSPS) is 24.1. The summed E-state index contributed by atoms with van der Waals surface area (Å²) in [5, 5.41) is 14.6. The van der Waals surface area contributed by atoms with Gasteiger partial charge in [0.25, 0.3) is 0 Å². The minimum absolute atomic E-state index is 0.0249. The van der Waals surface area contributed by atoms with E-state index in [0.717, 1.165) is 38.5 Å². The Morgan fingerprint density at radius 1 is 1.12 bits per heavy atom. The Labute approximate surface area is 101 Å². The monoisotopic (exact) mass is 240 g/mol. The molecular weight excluding hydrogens is 220 g/mol. The van der Waals surface area contributed by atoms with Gasteiger partial charge in [0, 0.05) is 5.54 Å². The standard InChI is InChI=1S/C12H20N2O3/c1-11(4-2-5-11)13-10(17)14-12(6-3-7-12)8-9(15)16/h2-8H2,1H3,(H,15,16)(H2,13,14,17). The van der Waals surface area contributed by atoms with Gasteiger partial charge in [-0.1, -0.05) is 0 Å². The quantitative estimate of drug-likeness (QED) is 0.698. The molecule has 0 bridgehead atoms. The van der Waals surface area contributed by atoms with E-state index in [-0.39, 0.29) is 18.0 Å². The Balaban J connectivity index is 1.86. The van der Waals surface area contributed by atoms with Crippen molar-refractivity contribution in [3.05, 3.63) is 0 Å². The molecule has 3 N–H and O–H groups in total. The summed E-state index contributed by atoms with van der Waals surface area (Å²) in [6.07, 6.45) is 5.71. The molecule has 0 radical (unpaired) electrons. The lowest BCUT2D eigenvalue weighted by Gasteiger charge is -2.44. The largest absolute Gasteiger partial charge is 0.481 e. The number of carbonyl (C=O) groups excluding carboxylic acids is 1. The van der Waals surface area contributed by atoms with Crippen molar-refractivity contribution >= 4 is 12.0 Å². The molecule has 2 fully saturated rings. The van der Waals surface area contributed by atoms with Crippen molar-refractivity contribution in [3.63, 3.8) is 0 Å². The van der Waals surface area contributed by atoms with Gasteiger partial charge in [0.15, 0.2) is 0 Å². The van der Waals surface area contributed by atoms with Crippen LogP contribution in [-0.4, -0.2) is 28.2 Å². The number of amides is 2. The molecule has 0 saturated heterocycles. The molecule has 2 amide bonds. The SMILES string of the molecule is CC1(NC(=O)NC2(CC(=O)O)CCC2)CCC1. The summed E-state index contributed by atoms with van der Waals surface area (Å²) >= 11 is 0. The van der Waals surface area contributed by atoms with Crippen LogP contribution in [0.25, 0.3) is 0 Å². The fourth-order valence-corrected chi connectivity index (χ4v) is 2.62. The van der Waals surface area contributed by atoms with Crippen LogP contribution >= 0.6 is 0 Å². The number of rotatable bonds is 4. The van der Waals surface area contributed by atoms with Gasteiger partial charge in [-0.05, 0) is 45.4 Å². The molecule has 5 heteroatoms. The predicted octanol–water partition coefficient (Wildman–Crippen LogP) is 1.63. The van der Waals surface area contributed by atoms with E-state index in [1.807, 2.05) is 6.92 Å². The molecular formula is C12H20N2O3. The zero-order chi connectivity index (χ0) is 12.5. The van der Waals surface area contributed by atoms with Crippen LogP contribution in [0.15, 0.2) is 0 Å². The summed E-state index contributed by atoms with van der Waals surface area (Å²) in [7, 11) is 0. The van der Waals surface area contributed by atoms with Gasteiger partial charge in [-0.25, -0.2) is 4.79 Å². The van der Waals surface area contributed by atoms with Crippen molar-refractivity contribution in [1.82, 2.24) is 10.6 Å². The number of urea groups is 1. The van der Waals surface area contributed by atoms with E-state index in [9.17, 15) is 9.59 Å². The molecule has 0 aliphatic heterocycles. The lowest BCUT2D eigenvalue weighted by atomic mass is 9.74. The molecule has 0 atom stereocenters. The van der Waals surface area contributed by atoms with Gasteiger partial charge >= 0.3 is 12.0 Å². The summed E-state index contributed by atoms with van der Waals surface area (Å²) in [5.74, 6) is -0.847. The maximum absolute atomic E-state index is 11.8. The summed E-state index contributed by atoms with van der Waals surface area (Å²) in [5.41, 5.74) is -0.589. The fourth-order valence-electron chi connectivity index (χ4n) is 2.62. The number of carboxylic acid groups (broad SMARTS) is 1. The number of hydrogen-bond donors (Lipinski definition) is 3. The van der Waals surface area contributed by atoms with Crippen molar-refractivity contribution in [2.45, 2.75) is 62.9 Å². The third-order valence-corrected chi connectivity index (χ3v) is 4.05. The highest BCUT2D eigenvalue weighted by Gasteiger charge is 2.42. The first kappa shape index (κ1) is 12.2. The Morgan fingerprint density at radius 3 is 2.06 bits per heavy atom. The highest BCUT2D eigenvalue weighted by atomic mass is 16.4. The summed E-state index contributed by atoms with van der Waals surface area (Å²) in [6.45, 7) is 2.03. The summed E-state index contributed by atoms with van der Waals surface area (Å²) in [6, 6.07) is -0.215. The van der Waals surface area contributed by atoms with Gasteiger partial charge in [0.2, 0.25) is 0 Å². The van der Waals surface area contributed by atoms with Gasteiger partial charge in [0.1, 0.15) is 0 Å². The van der Waals surface area contributed by atoms with Crippen LogP contribution in [0.3, 0.4) is 0 Å². The molecule has 0 aromatic carbocycles. The Kier molecular flexibility index (Phi) is 3.02. The minimum atomic E-state index is -0.847. The van der Waals surface area contributed by atoms with Crippen LogP contribution in [0.2, 0.25) is 0 Å². The van der Waals surface area contributed by atoms with Crippen LogP contribution in [-0.2, 0) is 4.79 Å². The minimum Gasteiger partial charge on any atom is -0.481 e. The van der Waals surface area contributed by atoms with Gasteiger partial charge < -0.3 is 15.7 Å². The van der Waals surface area contributed by atoms with Crippen molar-refractivity contribution in [2.75, 3.05) is 0 Å². The smallest absolute Gasteiger partial charge is 0.315 e. The van der Waals surface area contributed by atoms with Gasteiger partial charge in [-0.3, -0.25) is 4.79 Å². The number of aliphatic carboxylic acids is 1.